The van der Waals surface area contributed by atoms with Crippen LogP contribution in [0.2, 0.25) is 0 Å². The monoisotopic (exact) mass is 256 g/mol. The predicted octanol–water partition coefficient (Wildman–Crippen LogP) is 2.08. The van der Waals surface area contributed by atoms with Crippen molar-refractivity contribution in [1.82, 2.24) is 0 Å². The SMILES string of the molecule is C=CCC(Cc1ccccc1)OS(=O)(=O)OC. The molecule has 0 aliphatic carbocycles. The highest BCUT2D eigenvalue weighted by Gasteiger charge is 2.18. The Balaban J connectivity index is 2.70. The summed E-state index contributed by atoms with van der Waals surface area (Å²) in [7, 11) is -2.84. The maximum Gasteiger partial charge on any atom is 0.399 e. The molecule has 0 spiro atoms. The highest BCUT2D eigenvalue weighted by molar-refractivity contribution is 7.81. The molecule has 0 bridgehead atoms. The first-order valence-electron chi connectivity index (χ1n) is 5.21. The summed E-state index contributed by atoms with van der Waals surface area (Å²) in [5.41, 5.74) is 1.01. The predicted molar refractivity (Wildman–Crippen MR) is 65.8 cm³/mol. The van der Waals surface area contributed by atoms with E-state index in [2.05, 4.69) is 10.8 Å². The highest BCUT2D eigenvalue weighted by atomic mass is 32.3. The summed E-state index contributed by atoms with van der Waals surface area (Å²) < 4.78 is 31.6. The molecular formula is C12H16O4S. The molecular weight excluding hydrogens is 240 g/mol. The molecule has 1 unspecified atom stereocenters. The number of hydrogen-bond donors (Lipinski definition) is 0. The summed E-state index contributed by atoms with van der Waals surface area (Å²) in [5, 5.41) is 0. The van der Waals surface area contributed by atoms with Gasteiger partial charge < -0.3 is 0 Å². The molecule has 0 amide bonds. The van der Waals surface area contributed by atoms with Gasteiger partial charge in [-0.15, -0.1) is 6.58 Å². The van der Waals surface area contributed by atoms with Crippen molar-refractivity contribution < 1.29 is 16.8 Å². The molecule has 0 radical (unpaired) electrons. The molecule has 0 saturated heterocycles. The van der Waals surface area contributed by atoms with Crippen molar-refractivity contribution in [3.8, 4) is 0 Å². The minimum atomic E-state index is -3.91. The fourth-order valence-electron chi connectivity index (χ4n) is 1.43. The minimum Gasteiger partial charge on any atom is -0.252 e. The van der Waals surface area contributed by atoms with Gasteiger partial charge in [0.1, 0.15) is 0 Å². The minimum absolute atomic E-state index is 0.442. The van der Waals surface area contributed by atoms with Crippen molar-refractivity contribution in [2.24, 2.45) is 0 Å². The molecule has 1 rings (SSSR count). The molecule has 0 aliphatic rings. The first kappa shape index (κ1) is 13.9. The maximum absolute atomic E-state index is 11.2. The third-order valence-corrected chi connectivity index (χ3v) is 3.11. The smallest absolute Gasteiger partial charge is 0.252 e. The molecule has 1 atom stereocenters. The van der Waals surface area contributed by atoms with E-state index in [9.17, 15) is 8.42 Å². The fourth-order valence-corrected chi connectivity index (χ4v) is 1.98. The van der Waals surface area contributed by atoms with Crippen LogP contribution < -0.4 is 0 Å². The van der Waals surface area contributed by atoms with Crippen LogP contribution in [0.1, 0.15) is 12.0 Å². The molecule has 1 aromatic rings. The van der Waals surface area contributed by atoms with Crippen LogP contribution in [0.3, 0.4) is 0 Å². The van der Waals surface area contributed by atoms with Gasteiger partial charge in [0.05, 0.1) is 13.2 Å². The molecule has 4 nitrogen and oxygen atoms in total. The van der Waals surface area contributed by atoms with Crippen molar-refractivity contribution in [3.63, 3.8) is 0 Å². The quantitative estimate of drug-likeness (QED) is 0.701. The summed E-state index contributed by atoms with van der Waals surface area (Å²) in [6.45, 7) is 3.58. The van der Waals surface area contributed by atoms with E-state index in [1.807, 2.05) is 30.3 Å². The topological polar surface area (TPSA) is 52.6 Å². The third kappa shape index (κ3) is 5.12. The van der Waals surface area contributed by atoms with Crippen LogP contribution in [0.25, 0.3) is 0 Å². The van der Waals surface area contributed by atoms with Gasteiger partial charge in [-0.2, -0.15) is 8.42 Å². The van der Waals surface area contributed by atoms with Gasteiger partial charge in [0.2, 0.25) is 0 Å². The van der Waals surface area contributed by atoms with Gasteiger partial charge >= 0.3 is 10.4 Å². The van der Waals surface area contributed by atoms with Gasteiger partial charge in [-0.1, -0.05) is 36.4 Å². The Bertz CT molecular complexity index is 439. The maximum atomic E-state index is 11.2. The first-order chi connectivity index (χ1) is 8.07. The van der Waals surface area contributed by atoms with Crippen LogP contribution in [-0.2, 0) is 25.2 Å². The Morgan fingerprint density at radius 3 is 2.53 bits per heavy atom. The molecule has 5 heteroatoms. The molecule has 17 heavy (non-hydrogen) atoms. The Hall–Kier alpha value is -1.17. The van der Waals surface area contributed by atoms with E-state index >= 15 is 0 Å². The van der Waals surface area contributed by atoms with Crippen molar-refractivity contribution >= 4 is 10.4 Å². The molecule has 0 aliphatic heterocycles. The van der Waals surface area contributed by atoms with Crippen molar-refractivity contribution in [3.05, 3.63) is 48.6 Å². The third-order valence-electron chi connectivity index (χ3n) is 2.19. The van der Waals surface area contributed by atoms with Gasteiger partial charge in [-0.3, -0.25) is 4.18 Å². The Morgan fingerprint density at radius 1 is 1.35 bits per heavy atom. The highest BCUT2D eigenvalue weighted by Crippen LogP contribution is 2.12. The summed E-state index contributed by atoms with van der Waals surface area (Å²) in [6.07, 6.45) is 2.07. The van der Waals surface area contributed by atoms with E-state index in [-0.39, 0.29) is 0 Å². The fraction of sp³-hybridized carbons (Fsp3) is 0.333. The lowest BCUT2D eigenvalue weighted by molar-refractivity contribution is 0.172. The lowest BCUT2D eigenvalue weighted by Crippen LogP contribution is -2.21. The summed E-state index contributed by atoms with van der Waals surface area (Å²) >= 11 is 0. The van der Waals surface area contributed by atoms with Crippen molar-refractivity contribution in [2.45, 2.75) is 18.9 Å². The summed E-state index contributed by atoms with van der Waals surface area (Å²) in [5.74, 6) is 0. The second-order valence-electron chi connectivity index (χ2n) is 3.51. The van der Waals surface area contributed by atoms with Crippen LogP contribution in [-0.4, -0.2) is 21.6 Å². The normalized spacial score (nSPS) is 13.2. The molecule has 94 valence electrons. The van der Waals surface area contributed by atoms with Gasteiger partial charge in [-0.05, 0) is 12.0 Å². The Labute approximate surface area is 102 Å². The largest absolute Gasteiger partial charge is 0.399 e. The van der Waals surface area contributed by atoms with E-state index in [4.69, 9.17) is 4.18 Å². The zero-order valence-electron chi connectivity index (χ0n) is 9.70. The molecule has 0 aromatic heterocycles. The van der Waals surface area contributed by atoms with Crippen LogP contribution in [0.15, 0.2) is 43.0 Å². The van der Waals surface area contributed by atoms with E-state index in [1.54, 1.807) is 6.08 Å². The van der Waals surface area contributed by atoms with Crippen LogP contribution in [0.4, 0.5) is 0 Å². The van der Waals surface area contributed by atoms with Crippen molar-refractivity contribution in [2.75, 3.05) is 7.11 Å². The second-order valence-corrected chi connectivity index (χ2v) is 4.85. The van der Waals surface area contributed by atoms with E-state index in [0.29, 0.717) is 12.8 Å². The average molecular weight is 256 g/mol. The molecule has 0 heterocycles. The van der Waals surface area contributed by atoms with Crippen molar-refractivity contribution in [1.29, 1.82) is 0 Å². The lowest BCUT2D eigenvalue weighted by Gasteiger charge is -2.14. The lowest BCUT2D eigenvalue weighted by atomic mass is 10.1. The molecule has 1 aromatic carbocycles. The summed E-state index contributed by atoms with van der Waals surface area (Å²) in [4.78, 5) is 0. The number of hydrogen-bond acceptors (Lipinski definition) is 4. The Morgan fingerprint density at radius 2 is 2.00 bits per heavy atom. The van der Waals surface area contributed by atoms with E-state index in [1.165, 1.54) is 0 Å². The second kappa shape index (κ2) is 6.54. The standard InChI is InChI=1S/C12H16O4S/c1-3-7-12(16-17(13,14)15-2)10-11-8-5-4-6-9-11/h3-6,8-9,12H,1,7,10H2,2H3. The van der Waals surface area contributed by atoms with Crippen LogP contribution >= 0.6 is 0 Å². The van der Waals surface area contributed by atoms with Gasteiger partial charge in [0, 0.05) is 6.42 Å². The van der Waals surface area contributed by atoms with Crippen LogP contribution in [0.5, 0.6) is 0 Å². The number of rotatable bonds is 7. The zero-order valence-corrected chi connectivity index (χ0v) is 10.5. The van der Waals surface area contributed by atoms with Gasteiger partial charge in [0.25, 0.3) is 0 Å². The summed E-state index contributed by atoms with van der Waals surface area (Å²) in [6, 6.07) is 9.52. The van der Waals surface area contributed by atoms with E-state index < -0.39 is 16.5 Å². The van der Waals surface area contributed by atoms with Gasteiger partial charge in [0.15, 0.2) is 0 Å². The Kier molecular flexibility index (Phi) is 5.34. The molecule has 0 fully saturated rings. The van der Waals surface area contributed by atoms with Crippen LogP contribution in [0, 0.1) is 0 Å². The van der Waals surface area contributed by atoms with E-state index in [0.717, 1.165) is 12.7 Å². The number of benzene rings is 1. The first-order valence-corrected chi connectivity index (χ1v) is 6.54. The average Bonchev–Trinajstić information content (AvgIpc) is 2.30. The molecule has 0 saturated carbocycles. The molecule has 0 N–H and O–H groups in total. The zero-order chi connectivity index (χ0) is 12.7. The van der Waals surface area contributed by atoms with Gasteiger partial charge in [-0.25, -0.2) is 4.18 Å².